The summed E-state index contributed by atoms with van der Waals surface area (Å²) in [7, 11) is 3.24. The summed E-state index contributed by atoms with van der Waals surface area (Å²) in [4.78, 5) is 8.71. The van der Waals surface area contributed by atoms with Crippen molar-refractivity contribution in [2.24, 2.45) is 10.7 Å². The van der Waals surface area contributed by atoms with E-state index in [1.807, 2.05) is 43.6 Å². The van der Waals surface area contributed by atoms with E-state index in [2.05, 4.69) is 38.1 Å². The number of nitrogens with two attached hydrogens (primary N) is 1. The molecule has 0 aliphatic heterocycles. The van der Waals surface area contributed by atoms with Gasteiger partial charge < -0.3 is 25.1 Å². The van der Waals surface area contributed by atoms with Gasteiger partial charge in [0.2, 0.25) is 0 Å². The Labute approximate surface area is 171 Å². The summed E-state index contributed by atoms with van der Waals surface area (Å²) in [5.74, 6) is 2.78. The summed E-state index contributed by atoms with van der Waals surface area (Å²) >= 11 is 0. The fourth-order valence-electron chi connectivity index (χ4n) is 3.01. The SMILES string of the molecule is COc1ccc(CNC(N)=NCc2cccc(Cn3ccnc3C)c2)cc1OC. The second-order valence-electron chi connectivity index (χ2n) is 6.67. The lowest BCUT2D eigenvalue weighted by Crippen LogP contribution is -2.31. The predicted molar refractivity (Wildman–Crippen MR) is 114 cm³/mol. The summed E-state index contributed by atoms with van der Waals surface area (Å²) in [6.45, 7) is 3.85. The van der Waals surface area contributed by atoms with Crippen molar-refractivity contribution in [1.82, 2.24) is 14.9 Å². The number of hydrogen-bond donors (Lipinski definition) is 2. The number of aryl methyl sites for hydroxylation is 1. The van der Waals surface area contributed by atoms with Crippen molar-refractivity contribution in [3.63, 3.8) is 0 Å². The van der Waals surface area contributed by atoms with Crippen molar-refractivity contribution in [1.29, 1.82) is 0 Å². The Kier molecular flexibility index (Phi) is 6.73. The highest BCUT2D eigenvalue weighted by Gasteiger charge is 2.05. The Hall–Kier alpha value is -3.48. The highest BCUT2D eigenvalue weighted by molar-refractivity contribution is 5.77. The normalized spacial score (nSPS) is 11.3. The standard InChI is InChI=1S/C22H27N5O2/c1-16-24-9-10-27(16)15-19-6-4-5-17(11-19)13-25-22(23)26-14-18-7-8-20(28-2)21(12-18)29-3/h4-12H,13-15H2,1-3H3,(H3,23,25,26). The molecule has 1 aromatic heterocycles. The van der Waals surface area contributed by atoms with Crippen molar-refractivity contribution in [2.45, 2.75) is 26.6 Å². The summed E-state index contributed by atoms with van der Waals surface area (Å²) in [6.07, 6.45) is 3.80. The van der Waals surface area contributed by atoms with Gasteiger partial charge in [-0.05, 0) is 35.7 Å². The van der Waals surface area contributed by atoms with Gasteiger partial charge in [-0.1, -0.05) is 30.3 Å². The zero-order valence-electron chi connectivity index (χ0n) is 17.1. The number of aromatic nitrogens is 2. The second-order valence-corrected chi connectivity index (χ2v) is 6.67. The molecule has 0 unspecified atom stereocenters. The molecule has 0 radical (unpaired) electrons. The average Bonchev–Trinajstić information content (AvgIpc) is 3.15. The van der Waals surface area contributed by atoms with E-state index < -0.39 is 0 Å². The van der Waals surface area contributed by atoms with Crippen molar-refractivity contribution < 1.29 is 9.47 Å². The van der Waals surface area contributed by atoms with Crippen LogP contribution in [-0.4, -0.2) is 29.7 Å². The van der Waals surface area contributed by atoms with Crippen molar-refractivity contribution >= 4 is 5.96 Å². The van der Waals surface area contributed by atoms with Gasteiger partial charge in [0.15, 0.2) is 17.5 Å². The van der Waals surface area contributed by atoms with Gasteiger partial charge >= 0.3 is 0 Å². The second kappa shape index (κ2) is 9.64. The topological polar surface area (TPSA) is 86.7 Å². The number of methoxy groups -OCH3 is 2. The number of ether oxygens (including phenoxy) is 2. The molecule has 0 spiro atoms. The molecule has 3 N–H and O–H groups in total. The number of nitrogens with one attached hydrogen (secondary N) is 1. The van der Waals surface area contributed by atoms with Crippen LogP contribution in [0.2, 0.25) is 0 Å². The van der Waals surface area contributed by atoms with Gasteiger partial charge in [-0.2, -0.15) is 0 Å². The third-order valence-electron chi connectivity index (χ3n) is 4.62. The first kappa shape index (κ1) is 20.3. The van der Waals surface area contributed by atoms with E-state index in [9.17, 15) is 0 Å². The number of guanidine groups is 1. The van der Waals surface area contributed by atoms with Crippen LogP contribution in [0.15, 0.2) is 59.9 Å². The molecule has 29 heavy (non-hydrogen) atoms. The fraction of sp³-hybridized carbons (Fsp3) is 0.273. The van der Waals surface area contributed by atoms with Crippen LogP contribution in [0, 0.1) is 6.92 Å². The molecule has 0 fully saturated rings. The van der Waals surface area contributed by atoms with Crippen LogP contribution in [0.25, 0.3) is 0 Å². The van der Waals surface area contributed by atoms with Crippen LogP contribution in [0.3, 0.4) is 0 Å². The molecular weight excluding hydrogens is 366 g/mol. The summed E-state index contributed by atoms with van der Waals surface area (Å²) in [5, 5.41) is 3.14. The molecule has 3 aromatic rings. The zero-order valence-corrected chi connectivity index (χ0v) is 17.1. The lowest BCUT2D eigenvalue weighted by atomic mass is 10.1. The number of hydrogen-bond acceptors (Lipinski definition) is 4. The first-order valence-electron chi connectivity index (χ1n) is 9.39. The first-order chi connectivity index (χ1) is 14.1. The third-order valence-corrected chi connectivity index (χ3v) is 4.62. The minimum absolute atomic E-state index is 0.399. The van der Waals surface area contributed by atoms with Gasteiger partial charge in [0.05, 0.1) is 20.8 Å². The van der Waals surface area contributed by atoms with E-state index in [1.165, 1.54) is 5.56 Å². The molecule has 3 rings (SSSR count). The smallest absolute Gasteiger partial charge is 0.189 e. The number of aliphatic imine (C=N–C) groups is 1. The predicted octanol–water partition coefficient (Wildman–Crippen LogP) is 2.86. The van der Waals surface area contributed by atoms with E-state index in [-0.39, 0.29) is 0 Å². The summed E-state index contributed by atoms with van der Waals surface area (Å²) in [5.41, 5.74) is 9.37. The van der Waals surface area contributed by atoms with Gasteiger partial charge in [0, 0.05) is 25.5 Å². The molecule has 0 atom stereocenters. The highest BCUT2D eigenvalue weighted by atomic mass is 16.5. The Bertz CT molecular complexity index is 981. The highest BCUT2D eigenvalue weighted by Crippen LogP contribution is 2.27. The van der Waals surface area contributed by atoms with Crippen molar-refractivity contribution in [3.05, 3.63) is 77.4 Å². The maximum atomic E-state index is 6.03. The van der Waals surface area contributed by atoms with Crippen LogP contribution in [-0.2, 0) is 19.6 Å². The molecule has 0 amide bonds. The summed E-state index contributed by atoms with van der Waals surface area (Å²) in [6, 6.07) is 14.1. The first-order valence-corrected chi connectivity index (χ1v) is 9.39. The summed E-state index contributed by atoms with van der Waals surface area (Å²) < 4.78 is 12.7. The molecule has 2 aromatic carbocycles. The van der Waals surface area contributed by atoms with Crippen molar-refractivity contribution in [3.8, 4) is 11.5 Å². The van der Waals surface area contributed by atoms with Gasteiger partial charge in [0.1, 0.15) is 5.82 Å². The van der Waals surface area contributed by atoms with Gasteiger partial charge in [-0.25, -0.2) is 9.98 Å². The quantitative estimate of drug-likeness (QED) is 0.454. The minimum atomic E-state index is 0.399. The monoisotopic (exact) mass is 393 g/mol. The molecule has 0 saturated heterocycles. The van der Waals surface area contributed by atoms with E-state index >= 15 is 0 Å². The lowest BCUT2D eigenvalue weighted by molar-refractivity contribution is 0.354. The zero-order chi connectivity index (χ0) is 20.6. The van der Waals surface area contributed by atoms with E-state index in [1.54, 1.807) is 14.2 Å². The third kappa shape index (κ3) is 5.51. The van der Waals surface area contributed by atoms with Crippen LogP contribution in [0.1, 0.15) is 22.5 Å². The molecule has 1 heterocycles. The van der Waals surface area contributed by atoms with Crippen LogP contribution >= 0.6 is 0 Å². The number of rotatable bonds is 8. The molecule has 152 valence electrons. The largest absolute Gasteiger partial charge is 0.493 e. The van der Waals surface area contributed by atoms with Gasteiger partial charge in [0.25, 0.3) is 0 Å². The van der Waals surface area contributed by atoms with E-state index in [4.69, 9.17) is 15.2 Å². The van der Waals surface area contributed by atoms with Gasteiger partial charge in [-0.3, -0.25) is 0 Å². The molecule has 0 saturated carbocycles. The Morgan fingerprint density at radius 1 is 1.07 bits per heavy atom. The van der Waals surface area contributed by atoms with E-state index in [0.717, 1.165) is 23.5 Å². The van der Waals surface area contributed by atoms with Crippen LogP contribution < -0.4 is 20.5 Å². The maximum absolute atomic E-state index is 6.03. The molecule has 0 bridgehead atoms. The van der Waals surface area contributed by atoms with Crippen LogP contribution in [0.5, 0.6) is 11.5 Å². The van der Waals surface area contributed by atoms with Crippen molar-refractivity contribution in [2.75, 3.05) is 14.2 Å². The maximum Gasteiger partial charge on any atom is 0.189 e. The Balaban J connectivity index is 1.57. The van der Waals surface area contributed by atoms with Crippen LogP contribution in [0.4, 0.5) is 0 Å². The molecular formula is C22H27N5O2. The fourth-order valence-corrected chi connectivity index (χ4v) is 3.01. The lowest BCUT2D eigenvalue weighted by Gasteiger charge is -2.11. The van der Waals surface area contributed by atoms with E-state index in [0.29, 0.717) is 30.5 Å². The Morgan fingerprint density at radius 2 is 1.86 bits per heavy atom. The molecule has 0 aliphatic carbocycles. The molecule has 0 aliphatic rings. The average molecular weight is 393 g/mol. The molecule has 7 heteroatoms. The number of nitrogens with zero attached hydrogens (tertiary/aromatic N) is 3. The number of benzene rings is 2. The number of imidazole rings is 1. The Morgan fingerprint density at radius 3 is 2.59 bits per heavy atom. The minimum Gasteiger partial charge on any atom is -0.493 e. The molecule has 7 nitrogen and oxygen atoms in total. The van der Waals surface area contributed by atoms with Gasteiger partial charge in [-0.15, -0.1) is 0 Å².